The fourth-order valence-corrected chi connectivity index (χ4v) is 2.13. The van der Waals surface area contributed by atoms with Crippen LogP contribution in [-0.4, -0.2) is 49.4 Å². The minimum atomic E-state index is -1.08. The summed E-state index contributed by atoms with van der Waals surface area (Å²) < 4.78 is 7.29. The summed E-state index contributed by atoms with van der Waals surface area (Å²) in [5, 5.41) is 1.14. The molecule has 0 saturated heterocycles. The molecule has 0 N–H and O–H groups in total. The summed E-state index contributed by atoms with van der Waals surface area (Å²) in [7, 11) is 1.91. The lowest BCUT2D eigenvalue weighted by Gasteiger charge is -2.17. The van der Waals surface area contributed by atoms with Gasteiger partial charge >= 0.3 is 5.91 Å². The van der Waals surface area contributed by atoms with Crippen LogP contribution in [0.4, 0.5) is 0 Å². The van der Waals surface area contributed by atoms with E-state index in [1.165, 1.54) is 7.11 Å². The highest BCUT2D eigenvalue weighted by atomic mass is 28.3. The van der Waals surface area contributed by atoms with Gasteiger partial charge in [-0.1, -0.05) is 19.6 Å². The van der Waals surface area contributed by atoms with Gasteiger partial charge in [-0.2, -0.15) is 0 Å². The number of carbonyl (C=O) groups is 1. The highest BCUT2D eigenvalue weighted by molar-refractivity contribution is 6.76. The van der Waals surface area contributed by atoms with Gasteiger partial charge in [0.15, 0.2) is 0 Å². The Morgan fingerprint density at radius 1 is 1.47 bits per heavy atom. The molecule has 7 heteroatoms. The molecule has 0 spiro atoms. The number of imidazole rings is 1. The summed E-state index contributed by atoms with van der Waals surface area (Å²) in [5.41, 5.74) is 0. The minimum absolute atomic E-state index is 0.290. The molecule has 0 atom stereocenters. The van der Waals surface area contributed by atoms with E-state index in [2.05, 4.69) is 24.6 Å². The summed E-state index contributed by atoms with van der Waals surface area (Å²) in [6.07, 6.45) is 3.31. The summed E-state index contributed by atoms with van der Waals surface area (Å²) in [6, 6.07) is 1.10. The number of hydrogen-bond acceptors (Lipinski definition) is 4. The molecule has 0 bridgehead atoms. The molecule has 0 saturated carbocycles. The van der Waals surface area contributed by atoms with E-state index in [9.17, 15) is 4.79 Å². The average molecular weight is 285 g/mol. The zero-order chi connectivity index (χ0) is 14.5. The first kappa shape index (κ1) is 15.9. The number of amides is 1. The topological polar surface area (TPSA) is 56.6 Å². The van der Waals surface area contributed by atoms with Gasteiger partial charge in [-0.25, -0.2) is 10.0 Å². The third kappa shape index (κ3) is 5.13. The second-order valence-electron chi connectivity index (χ2n) is 5.55. The van der Waals surface area contributed by atoms with Crippen LogP contribution in [0.3, 0.4) is 0 Å². The number of ether oxygens (including phenoxy) is 1. The number of hydroxylamine groups is 2. The molecule has 0 radical (unpaired) electrons. The van der Waals surface area contributed by atoms with Gasteiger partial charge in [0.25, 0.3) is 0 Å². The van der Waals surface area contributed by atoms with Crippen molar-refractivity contribution in [2.75, 3.05) is 20.8 Å². The van der Waals surface area contributed by atoms with Crippen LogP contribution < -0.4 is 0 Å². The molecule has 0 fully saturated rings. The van der Waals surface area contributed by atoms with E-state index in [-0.39, 0.29) is 5.91 Å². The van der Waals surface area contributed by atoms with Crippen molar-refractivity contribution >= 4 is 14.0 Å². The number of nitrogens with zero attached hydrogens (tertiary/aromatic N) is 3. The zero-order valence-electron chi connectivity index (χ0n) is 12.3. The molecule has 0 aliphatic carbocycles. The monoisotopic (exact) mass is 285 g/mol. The molecular formula is C12H23N3O3Si. The molecule has 19 heavy (non-hydrogen) atoms. The van der Waals surface area contributed by atoms with Crippen molar-refractivity contribution in [3.8, 4) is 0 Å². The molecule has 0 aliphatic rings. The Morgan fingerprint density at radius 2 is 2.16 bits per heavy atom. The van der Waals surface area contributed by atoms with Crippen LogP contribution in [0, 0.1) is 0 Å². The van der Waals surface area contributed by atoms with Gasteiger partial charge in [-0.15, -0.1) is 0 Å². The first-order chi connectivity index (χ1) is 8.85. The maximum absolute atomic E-state index is 11.9. The predicted molar refractivity (Wildman–Crippen MR) is 75.4 cm³/mol. The number of carbonyl (C=O) groups excluding carboxylic acids is 1. The van der Waals surface area contributed by atoms with Crippen molar-refractivity contribution in [3.63, 3.8) is 0 Å². The highest BCUT2D eigenvalue weighted by Crippen LogP contribution is 2.08. The second kappa shape index (κ2) is 6.83. The van der Waals surface area contributed by atoms with E-state index in [4.69, 9.17) is 9.57 Å². The Hall–Kier alpha value is -1.18. The molecule has 1 aromatic rings. The van der Waals surface area contributed by atoms with Gasteiger partial charge in [0.1, 0.15) is 6.73 Å². The van der Waals surface area contributed by atoms with Crippen molar-refractivity contribution in [3.05, 3.63) is 18.2 Å². The molecule has 108 valence electrons. The second-order valence-corrected chi connectivity index (χ2v) is 11.2. The fraction of sp³-hybridized carbons (Fsp3) is 0.667. The van der Waals surface area contributed by atoms with Crippen molar-refractivity contribution in [2.24, 2.45) is 0 Å². The van der Waals surface area contributed by atoms with Gasteiger partial charge < -0.3 is 9.30 Å². The Bertz CT molecular complexity index is 415. The van der Waals surface area contributed by atoms with Crippen LogP contribution >= 0.6 is 0 Å². The molecule has 0 unspecified atom stereocenters. The number of aromatic nitrogens is 2. The average Bonchev–Trinajstić information content (AvgIpc) is 2.79. The summed E-state index contributed by atoms with van der Waals surface area (Å²) >= 11 is 0. The van der Waals surface area contributed by atoms with Crippen LogP contribution in [0.1, 0.15) is 10.6 Å². The van der Waals surface area contributed by atoms with Gasteiger partial charge in [0.2, 0.25) is 5.82 Å². The van der Waals surface area contributed by atoms with Gasteiger partial charge in [0.05, 0.1) is 7.11 Å². The van der Waals surface area contributed by atoms with Crippen molar-refractivity contribution in [1.29, 1.82) is 0 Å². The van der Waals surface area contributed by atoms with E-state index in [0.29, 0.717) is 19.2 Å². The molecule has 1 aromatic heterocycles. The maximum atomic E-state index is 11.9. The lowest BCUT2D eigenvalue weighted by atomic mass is 10.5. The Kier molecular flexibility index (Phi) is 5.71. The number of hydrogen-bond donors (Lipinski definition) is 0. The van der Waals surface area contributed by atoms with E-state index >= 15 is 0 Å². The van der Waals surface area contributed by atoms with E-state index in [1.54, 1.807) is 24.0 Å². The normalized spacial score (nSPS) is 11.6. The summed E-state index contributed by atoms with van der Waals surface area (Å²) in [5.74, 6) is 0.0265. The lowest BCUT2D eigenvalue weighted by molar-refractivity contribution is -0.0770. The lowest BCUT2D eigenvalue weighted by Crippen LogP contribution is -2.29. The Balaban J connectivity index is 2.52. The SMILES string of the molecule is CON(C)C(=O)c1nccn1COCC[Si](C)(C)C. The quantitative estimate of drug-likeness (QED) is 0.436. The number of rotatable bonds is 7. The molecule has 0 aromatic carbocycles. The molecule has 1 rings (SSSR count). The first-order valence-corrected chi connectivity index (χ1v) is 9.97. The largest absolute Gasteiger partial charge is 0.361 e. The van der Waals surface area contributed by atoms with E-state index in [1.807, 2.05) is 0 Å². The first-order valence-electron chi connectivity index (χ1n) is 6.26. The van der Waals surface area contributed by atoms with Crippen LogP contribution in [0.15, 0.2) is 12.4 Å². The Morgan fingerprint density at radius 3 is 2.74 bits per heavy atom. The Labute approximate surface area is 115 Å². The van der Waals surface area contributed by atoms with Gasteiger partial charge in [-0.05, 0) is 6.04 Å². The van der Waals surface area contributed by atoms with Crippen molar-refractivity contribution in [2.45, 2.75) is 32.4 Å². The van der Waals surface area contributed by atoms with Crippen molar-refractivity contribution < 1.29 is 14.4 Å². The van der Waals surface area contributed by atoms with Crippen LogP contribution in [0.25, 0.3) is 0 Å². The molecule has 6 nitrogen and oxygen atoms in total. The molecule has 1 heterocycles. The third-order valence-electron chi connectivity index (χ3n) is 2.69. The standard InChI is InChI=1S/C12H23N3O3Si/c1-14(17-2)12(16)11-13-6-7-15(11)10-18-8-9-19(3,4)5/h6-7H,8-10H2,1-5H3. The van der Waals surface area contributed by atoms with Crippen molar-refractivity contribution in [1.82, 2.24) is 14.6 Å². The van der Waals surface area contributed by atoms with Crippen LogP contribution in [0.2, 0.25) is 25.7 Å². The van der Waals surface area contributed by atoms with Gasteiger partial charge in [-0.3, -0.25) is 9.63 Å². The maximum Gasteiger partial charge on any atom is 0.313 e. The van der Waals surface area contributed by atoms with E-state index < -0.39 is 8.07 Å². The third-order valence-corrected chi connectivity index (χ3v) is 4.40. The molecular weight excluding hydrogens is 262 g/mol. The molecule has 1 amide bonds. The minimum Gasteiger partial charge on any atom is -0.361 e. The van der Waals surface area contributed by atoms with Crippen LogP contribution in [-0.2, 0) is 16.3 Å². The van der Waals surface area contributed by atoms with Crippen LogP contribution in [0.5, 0.6) is 0 Å². The predicted octanol–water partition coefficient (Wildman–Crippen LogP) is 1.83. The summed E-state index contributed by atoms with van der Waals surface area (Å²) in [6.45, 7) is 7.95. The fourth-order valence-electron chi connectivity index (χ4n) is 1.38. The van der Waals surface area contributed by atoms with Gasteiger partial charge in [0, 0.05) is 34.1 Å². The molecule has 0 aliphatic heterocycles. The van der Waals surface area contributed by atoms with E-state index in [0.717, 1.165) is 11.1 Å². The highest BCUT2D eigenvalue weighted by Gasteiger charge is 2.17. The smallest absolute Gasteiger partial charge is 0.313 e. The summed E-state index contributed by atoms with van der Waals surface area (Å²) in [4.78, 5) is 20.8. The zero-order valence-corrected chi connectivity index (χ0v) is 13.3.